The van der Waals surface area contributed by atoms with Crippen molar-refractivity contribution in [2.45, 2.75) is 18.6 Å². The number of halogens is 6. The maximum absolute atomic E-state index is 12.8. The van der Waals surface area contributed by atoms with E-state index in [4.69, 9.17) is 11.6 Å². The Bertz CT molecular complexity index is 474. The molecule has 2 nitrogen and oxygen atoms in total. The van der Waals surface area contributed by atoms with E-state index < -0.39 is 24.6 Å². The number of hydrogen-bond acceptors (Lipinski definition) is 1. The summed E-state index contributed by atoms with van der Waals surface area (Å²) < 4.78 is 61.8. The summed E-state index contributed by atoms with van der Waals surface area (Å²) in [5, 5.41) is 0.178. The van der Waals surface area contributed by atoms with E-state index in [1.54, 1.807) is 6.07 Å². The summed E-state index contributed by atoms with van der Waals surface area (Å²) in [6.07, 6.45) is -5.92. The number of benzene rings is 1. The molecule has 19 heavy (non-hydrogen) atoms. The zero-order valence-corrected chi connectivity index (χ0v) is 10.4. The van der Waals surface area contributed by atoms with Gasteiger partial charge in [-0.2, -0.15) is 22.0 Å². The highest BCUT2D eigenvalue weighted by molar-refractivity contribution is 6.31. The summed E-state index contributed by atoms with van der Waals surface area (Å²) in [6, 6.07) is 5.97. The van der Waals surface area contributed by atoms with Crippen molar-refractivity contribution in [3.05, 3.63) is 34.9 Å². The first-order valence-corrected chi connectivity index (χ1v) is 5.38. The lowest BCUT2D eigenvalue weighted by Crippen LogP contribution is -2.50. The number of carbonyl (C=O) groups is 1. The van der Waals surface area contributed by atoms with Crippen LogP contribution >= 0.6 is 11.6 Å². The monoisotopic (exact) mass is 301 g/mol. The largest absolute Gasteiger partial charge is 0.463 e. The SMILES string of the molecule is CN(Cc1ccccc1Cl)C(=O)C(F)(F)C(F)(F)F. The fourth-order valence-corrected chi connectivity index (χ4v) is 1.51. The van der Waals surface area contributed by atoms with Gasteiger partial charge < -0.3 is 4.90 Å². The molecule has 0 aliphatic heterocycles. The number of rotatable bonds is 3. The number of amides is 1. The van der Waals surface area contributed by atoms with Gasteiger partial charge in [-0.15, -0.1) is 0 Å². The molecule has 8 heteroatoms. The van der Waals surface area contributed by atoms with E-state index in [1.165, 1.54) is 18.2 Å². The van der Waals surface area contributed by atoms with Crippen LogP contribution in [0.15, 0.2) is 24.3 Å². The van der Waals surface area contributed by atoms with Gasteiger partial charge in [0, 0.05) is 18.6 Å². The summed E-state index contributed by atoms with van der Waals surface area (Å²) in [5.74, 6) is -7.73. The number of alkyl halides is 5. The highest BCUT2D eigenvalue weighted by atomic mass is 35.5. The van der Waals surface area contributed by atoms with Gasteiger partial charge in [0.15, 0.2) is 0 Å². The predicted molar refractivity (Wildman–Crippen MR) is 58.9 cm³/mol. The molecule has 1 amide bonds. The Morgan fingerprint density at radius 1 is 1.21 bits per heavy atom. The van der Waals surface area contributed by atoms with E-state index in [9.17, 15) is 26.7 Å². The van der Waals surface area contributed by atoms with Gasteiger partial charge in [0.25, 0.3) is 0 Å². The van der Waals surface area contributed by atoms with Crippen molar-refractivity contribution in [1.29, 1.82) is 0 Å². The Balaban J connectivity index is 2.88. The van der Waals surface area contributed by atoms with Crippen LogP contribution in [0.1, 0.15) is 5.56 Å². The zero-order chi connectivity index (χ0) is 14.8. The Kier molecular flexibility index (Phi) is 4.39. The third-order valence-electron chi connectivity index (χ3n) is 2.34. The van der Waals surface area contributed by atoms with Gasteiger partial charge in [-0.05, 0) is 11.6 Å². The topological polar surface area (TPSA) is 20.3 Å². The van der Waals surface area contributed by atoms with E-state index in [2.05, 4.69) is 0 Å². The molecule has 0 spiro atoms. The van der Waals surface area contributed by atoms with Crippen LogP contribution in [0.5, 0.6) is 0 Å². The first kappa shape index (κ1) is 15.7. The smallest absolute Gasteiger partial charge is 0.336 e. The Labute approximate surface area is 110 Å². The first-order valence-electron chi connectivity index (χ1n) is 5.01. The minimum absolute atomic E-state index is 0.178. The fraction of sp³-hybridized carbons (Fsp3) is 0.364. The first-order chi connectivity index (χ1) is 8.57. The number of carbonyl (C=O) groups excluding carboxylic acids is 1. The second-order valence-electron chi connectivity index (χ2n) is 3.82. The van der Waals surface area contributed by atoms with E-state index in [1.807, 2.05) is 0 Å². The van der Waals surface area contributed by atoms with Crippen molar-refractivity contribution >= 4 is 17.5 Å². The van der Waals surface area contributed by atoms with Crippen LogP contribution in [-0.2, 0) is 11.3 Å². The summed E-state index contributed by atoms with van der Waals surface area (Å²) in [6.45, 7) is -0.440. The molecule has 0 unspecified atom stereocenters. The highest BCUT2D eigenvalue weighted by Crippen LogP contribution is 2.37. The summed E-state index contributed by atoms with van der Waals surface area (Å²) in [7, 11) is 0.852. The molecule has 0 saturated carbocycles. The van der Waals surface area contributed by atoms with Crippen molar-refractivity contribution < 1.29 is 26.7 Å². The maximum atomic E-state index is 12.8. The Hall–Kier alpha value is -1.37. The molecule has 0 saturated heterocycles. The molecule has 0 aromatic heterocycles. The van der Waals surface area contributed by atoms with Crippen molar-refractivity contribution in [3.63, 3.8) is 0 Å². The van der Waals surface area contributed by atoms with Crippen molar-refractivity contribution in [2.75, 3.05) is 7.05 Å². The zero-order valence-electron chi connectivity index (χ0n) is 9.64. The average molecular weight is 302 g/mol. The summed E-state index contributed by atoms with van der Waals surface area (Å²) in [4.78, 5) is 11.4. The van der Waals surface area contributed by atoms with Gasteiger partial charge in [-0.3, -0.25) is 4.79 Å². The third-order valence-corrected chi connectivity index (χ3v) is 2.71. The summed E-state index contributed by atoms with van der Waals surface area (Å²) >= 11 is 5.73. The number of nitrogens with zero attached hydrogens (tertiary/aromatic N) is 1. The lowest BCUT2D eigenvalue weighted by atomic mass is 10.2. The van der Waals surface area contributed by atoms with Gasteiger partial charge in [0.05, 0.1) is 0 Å². The second kappa shape index (κ2) is 5.32. The quantitative estimate of drug-likeness (QED) is 0.783. The average Bonchev–Trinajstić information content (AvgIpc) is 2.29. The Morgan fingerprint density at radius 2 is 1.74 bits per heavy atom. The molecule has 1 aromatic rings. The third kappa shape index (κ3) is 3.34. The molecule has 1 rings (SSSR count). The van der Waals surface area contributed by atoms with E-state index in [-0.39, 0.29) is 15.5 Å². The lowest BCUT2D eigenvalue weighted by molar-refractivity contribution is -0.274. The van der Waals surface area contributed by atoms with Gasteiger partial charge in [-0.25, -0.2) is 0 Å². The van der Waals surface area contributed by atoms with Gasteiger partial charge in [-0.1, -0.05) is 29.8 Å². The standard InChI is InChI=1S/C11H9ClF5NO/c1-18(6-7-4-2-3-5-8(7)12)9(19)10(13,14)11(15,16)17/h2-5H,6H2,1H3. The van der Waals surface area contributed by atoms with Crippen LogP contribution in [-0.4, -0.2) is 30.0 Å². The minimum atomic E-state index is -5.92. The minimum Gasteiger partial charge on any atom is -0.336 e. The molecule has 0 bridgehead atoms. The lowest BCUT2D eigenvalue weighted by Gasteiger charge is -2.25. The molecule has 0 aliphatic carbocycles. The molecule has 1 aromatic carbocycles. The molecular weight excluding hydrogens is 293 g/mol. The normalized spacial score (nSPS) is 12.4. The predicted octanol–water partition coefficient (Wildman–Crippen LogP) is 3.50. The van der Waals surface area contributed by atoms with E-state index >= 15 is 0 Å². The molecule has 0 heterocycles. The van der Waals surface area contributed by atoms with Crippen LogP contribution in [0, 0.1) is 0 Å². The molecule has 0 fully saturated rings. The molecule has 0 N–H and O–H groups in total. The second-order valence-corrected chi connectivity index (χ2v) is 4.23. The van der Waals surface area contributed by atoms with Gasteiger partial charge in [0.2, 0.25) is 0 Å². The Morgan fingerprint density at radius 3 is 2.21 bits per heavy atom. The summed E-state index contributed by atoms with van der Waals surface area (Å²) in [5.41, 5.74) is 0.276. The van der Waals surface area contributed by atoms with E-state index in [0.717, 1.165) is 7.05 Å². The van der Waals surface area contributed by atoms with Crippen LogP contribution in [0.25, 0.3) is 0 Å². The van der Waals surface area contributed by atoms with Crippen molar-refractivity contribution in [1.82, 2.24) is 4.90 Å². The maximum Gasteiger partial charge on any atom is 0.463 e. The molecular formula is C11H9ClF5NO. The molecule has 0 aliphatic rings. The van der Waals surface area contributed by atoms with Crippen molar-refractivity contribution in [2.24, 2.45) is 0 Å². The van der Waals surface area contributed by atoms with Crippen LogP contribution < -0.4 is 0 Å². The highest BCUT2D eigenvalue weighted by Gasteiger charge is 2.64. The molecule has 0 radical (unpaired) electrons. The van der Waals surface area contributed by atoms with Gasteiger partial charge >= 0.3 is 18.0 Å². The van der Waals surface area contributed by atoms with E-state index in [0.29, 0.717) is 0 Å². The number of hydrogen-bond donors (Lipinski definition) is 0. The van der Waals surface area contributed by atoms with Crippen LogP contribution in [0.2, 0.25) is 5.02 Å². The van der Waals surface area contributed by atoms with Gasteiger partial charge in [0.1, 0.15) is 0 Å². The molecule has 106 valence electrons. The molecule has 0 atom stereocenters. The van der Waals surface area contributed by atoms with Crippen molar-refractivity contribution in [3.8, 4) is 0 Å². The van der Waals surface area contributed by atoms with Crippen LogP contribution in [0.4, 0.5) is 22.0 Å². The fourth-order valence-electron chi connectivity index (χ4n) is 1.31. The van der Waals surface area contributed by atoms with Crippen LogP contribution in [0.3, 0.4) is 0 Å².